The Balaban J connectivity index is 1.71. The summed E-state index contributed by atoms with van der Waals surface area (Å²) in [7, 11) is 0. The maximum absolute atomic E-state index is 5.79. The zero-order valence-electron chi connectivity index (χ0n) is 8.84. The van der Waals surface area contributed by atoms with Crippen LogP contribution in [-0.2, 0) is 0 Å². The maximum Gasteiger partial charge on any atom is 0.137 e. The minimum Gasteiger partial charge on any atom is -0.488 e. The number of halogens is 1. The van der Waals surface area contributed by atoms with Crippen LogP contribution in [0.2, 0.25) is 5.02 Å². The summed E-state index contributed by atoms with van der Waals surface area (Å²) in [5, 5.41) is 0.757. The number of hydrogen-bond donors (Lipinski definition) is 1. The Morgan fingerprint density at radius 2 is 1.80 bits per heavy atom. The average Bonchev–Trinajstić information content (AvgIpc) is 2.74. The summed E-state index contributed by atoms with van der Waals surface area (Å²) in [6, 6.07) is 7.56. The number of hydrogen-bond acceptors (Lipinski definition) is 1. The molecule has 1 aliphatic heterocycles. The lowest BCUT2D eigenvalue weighted by Crippen LogP contribution is -3.10. The van der Waals surface area contributed by atoms with E-state index in [0.717, 1.165) is 23.9 Å². The van der Waals surface area contributed by atoms with Crippen LogP contribution in [0.5, 0.6) is 5.75 Å². The molecule has 82 valence electrons. The zero-order chi connectivity index (χ0) is 10.5. The standard InChI is InChI=1S/C12H16ClNO/c13-11-3-5-12(6-4-11)15-10-9-14-7-1-2-8-14/h3-6H,1-2,7-10H2/p+1. The number of rotatable bonds is 4. The lowest BCUT2D eigenvalue weighted by Gasteiger charge is -2.12. The van der Waals surface area contributed by atoms with Gasteiger partial charge in [-0.15, -0.1) is 0 Å². The Morgan fingerprint density at radius 1 is 1.13 bits per heavy atom. The molecular formula is C12H17ClNO+. The van der Waals surface area contributed by atoms with E-state index >= 15 is 0 Å². The zero-order valence-corrected chi connectivity index (χ0v) is 9.59. The molecule has 15 heavy (non-hydrogen) atoms. The molecule has 1 N–H and O–H groups in total. The predicted molar refractivity (Wildman–Crippen MR) is 61.7 cm³/mol. The van der Waals surface area contributed by atoms with Crippen molar-refractivity contribution in [1.82, 2.24) is 0 Å². The molecule has 0 amide bonds. The van der Waals surface area contributed by atoms with Crippen molar-refractivity contribution in [3.63, 3.8) is 0 Å². The van der Waals surface area contributed by atoms with E-state index in [2.05, 4.69) is 0 Å². The molecule has 0 saturated carbocycles. The number of benzene rings is 1. The second-order valence-electron chi connectivity index (χ2n) is 4.01. The first-order valence-corrected chi connectivity index (χ1v) is 5.94. The van der Waals surface area contributed by atoms with Crippen molar-refractivity contribution in [2.75, 3.05) is 26.2 Å². The smallest absolute Gasteiger partial charge is 0.137 e. The molecule has 1 heterocycles. The molecule has 0 aromatic heterocycles. The van der Waals surface area contributed by atoms with Gasteiger partial charge in [0.2, 0.25) is 0 Å². The first-order valence-electron chi connectivity index (χ1n) is 5.56. The fraction of sp³-hybridized carbons (Fsp3) is 0.500. The van der Waals surface area contributed by atoms with Crippen molar-refractivity contribution >= 4 is 11.6 Å². The second-order valence-corrected chi connectivity index (χ2v) is 4.45. The van der Waals surface area contributed by atoms with Crippen LogP contribution in [0.4, 0.5) is 0 Å². The number of quaternary nitrogens is 1. The van der Waals surface area contributed by atoms with Crippen LogP contribution in [0.3, 0.4) is 0 Å². The first kappa shape index (κ1) is 10.8. The number of ether oxygens (including phenoxy) is 1. The van der Waals surface area contributed by atoms with Gasteiger partial charge in [-0.2, -0.15) is 0 Å². The first-order chi connectivity index (χ1) is 7.34. The molecule has 0 bridgehead atoms. The Bertz CT molecular complexity index is 293. The van der Waals surface area contributed by atoms with Gasteiger partial charge in [0, 0.05) is 17.9 Å². The van der Waals surface area contributed by atoms with Gasteiger partial charge in [0.05, 0.1) is 13.1 Å². The Labute approximate surface area is 95.8 Å². The van der Waals surface area contributed by atoms with Crippen molar-refractivity contribution in [2.24, 2.45) is 0 Å². The van der Waals surface area contributed by atoms with Crippen molar-refractivity contribution in [3.05, 3.63) is 29.3 Å². The molecule has 0 atom stereocenters. The molecule has 0 spiro atoms. The van der Waals surface area contributed by atoms with Crippen molar-refractivity contribution < 1.29 is 9.64 Å². The molecule has 2 nitrogen and oxygen atoms in total. The predicted octanol–water partition coefficient (Wildman–Crippen LogP) is 1.40. The van der Waals surface area contributed by atoms with Crippen molar-refractivity contribution in [3.8, 4) is 5.75 Å². The average molecular weight is 227 g/mol. The van der Waals surface area contributed by atoms with Crippen LogP contribution in [0.1, 0.15) is 12.8 Å². The van der Waals surface area contributed by atoms with E-state index in [1.54, 1.807) is 4.90 Å². The Kier molecular flexibility index (Phi) is 3.87. The topological polar surface area (TPSA) is 13.7 Å². The van der Waals surface area contributed by atoms with E-state index in [-0.39, 0.29) is 0 Å². The van der Waals surface area contributed by atoms with Crippen LogP contribution in [0.15, 0.2) is 24.3 Å². The van der Waals surface area contributed by atoms with E-state index in [9.17, 15) is 0 Å². The van der Waals surface area contributed by atoms with Gasteiger partial charge in [-0.25, -0.2) is 0 Å². The van der Waals surface area contributed by atoms with Crippen LogP contribution in [0.25, 0.3) is 0 Å². The van der Waals surface area contributed by atoms with Crippen molar-refractivity contribution in [1.29, 1.82) is 0 Å². The van der Waals surface area contributed by atoms with Crippen molar-refractivity contribution in [2.45, 2.75) is 12.8 Å². The molecule has 0 radical (unpaired) electrons. The molecule has 3 heteroatoms. The summed E-state index contributed by atoms with van der Waals surface area (Å²) < 4.78 is 5.64. The monoisotopic (exact) mass is 226 g/mol. The Hall–Kier alpha value is -0.730. The summed E-state index contributed by atoms with van der Waals surface area (Å²) >= 11 is 5.79. The third-order valence-corrected chi connectivity index (χ3v) is 3.10. The van der Waals surface area contributed by atoms with Gasteiger partial charge in [-0.05, 0) is 24.3 Å². The summed E-state index contributed by atoms with van der Waals surface area (Å²) in [4.78, 5) is 1.67. The fourth-order valence-electron chi connectivity index (χ4n) is 1.97. The van der Waals surface area contributed by atoms with E-state index in [1.165, 1.54) is 25.9 Å². The minimum absolute atomic E-state index is 0.757. The van der Waals surface area contributed by atoms with Gasteiger partial charge in [-0.1, -0.05) is 11.6 Å². The van der Waals surface area contributed by atoms with E-state index in [4.69, 9.17) is 16.3 Å². The summed E-state index contributed by atoms with van der Waals surface area (Å²) in [6.07, 6.45) is 2.74. The highest BCUT2D eigenvalue weighted by molar-refractivity contribution is 6.30. The molecular weight excluding hydrogens is 210 g/mol. The highest BCUT2D eigenvalue weighted by Crippen LogP contribution is 2.14. The molecule has 0 unspecified atom stereocenters. The van der Waals surface area contributed by atoms with Crippen LogP contribution in [-0.4, -0.2) is 26.2 Å². The van der Waals surface area contributed by atoms with Gasteiger partial charge in [0.15, 0.2) is 0 Å². The molecule has 1 aliphatic rings. The van der Waals surface area contributed by atoms with Crippen LogP contribution in [0, 0.1) is 0 Å². The van der Waals surface area contributed by atoms with Gasteiger partial charge >= 0.3 is 0 Å². The lowest BCUT2D eigenvalue weighted by atomic mass is 10.3. The molecule has 2 rings (SSSR count). The molecule has 1 fully saturated rings. The molecule has 1 saturated heterocycles. The van der Waals surface area contributed by atoms with Crippen LogP contribution >= 0.6 is 11.6 Å². The number of likely N-dealkylation sites (tertiary alicyclic amines) is 1. The third-order valence-electron chi connectivity index (χ3n) is 2.85. The third kappa shape index (κ3) is 3.40. The molecule has 1 aromatic rings. The molecule has 1 aromatic carbocycles. The molecule has 0 aliphatic carbocycles. The second kappa shape index (κ2) is 5.38. The van der Waals surface area contributed by atoms with Gasteiger partial charge in [0.1, 0.15) is 18.9 Å². The van der Waals surface area contributed by atoms with E-state index < -0.39 is 0 Å². The van der Waals surface area contributed by atoms with E-state index in [1.807, 2.05) is 24.3 Å². The highest BCUT2D eigenvalue weighted by atomic mass is 35.5. The van der Waals surface area contributed by atoms with Gasteiger partial charge in [-0.3, -0.25) is 0 Å². The fourth-order valence-corrected chi connectivity index (χ4v) is 2.10. The largest absolute Gasteiger partial charge is 0.488 e. The normalized spacial score (nSPS) is 16.9. The highest BCUT2D eigenvalue weighted by Gasteiger charge is 2.14. The van der Waals surface area contributed by atoms with Gasteiger partial charge in [0.25, 0.3) is 0 Å². The number of nitrogens with one attached hydrogen (secondary N) is 1. The maximum atomic E-state index is 5.79. The van der Waals surface area contributed by atoms with E-state index in [0.29, 0.717) is 0 Å². The SMILES string of the molecule is Clc1ccc(OCC[NH+]2CCCC2)cc1. The Morgan fingerprint density at radius 3 is 2.47 bits per heavy atom. The summed E-state index contributed by atoms with van der Waals surface area (Å²) in [5.41, 5.74) is 0. The quantitative estimate of drug-likeness (QED) is 0.820. The lowest BCUT2D eigenvalue weighted by molar-refractivity contribution is -0.887. The summed E-state index contributed by atoms with van der Waals surface area (Å²) in [5.74, 6) is 0.915. The van der Waals surface area contributed by atoms with Gasteiger partial charge < -0.3 is 9.64 Å². The summed E-state index contributed by atoms with van der Waals surface area (Å²) in [6.45, 7) is 4.54. The minimum atomic E-state index is 0.757. The van der Waals surface area contributed by atoms with Crippen LogP contribution < -0.4 is 9.64 Å².